The topological polar surface area (TPSA) is 89.3 Å². The number of hydrogen-bond donors (Lipinski definition) is 3. The molecule has 4 heteroatoms. The van der Waals surface area contributed by atoms with Crippen LogP contribution in [0.25, 0.3) is 0 Å². The van der Waals surface area contributed by atoms with E-state index in [1.807, 2.05) is 0 Å². The number of aliphatic carboxylic acids is 1. The predicted molar refractivity (Wildman–Crippen MR) is 33.9 cm³/mol. The van der Waals surface area contributed by atoms with Gasteiger partial charge in [0.1, 0.15) is 6.04 Å². The van der Waals surface area contributed by atoms with E-state index in [4.69, 9.17) is 16.6 Å². The van der Waals surface area contributed by atoms with Gasteiger partial charge in [-0.15, -0.1) is 0 Å². The Morgan fingerprint density at radius 2 is 2.22 bits per heavy atom. The second-order valence-electron chi connectivity index (χ2n) is 1.88. The van der Waals surface area contributed by atoms with Gasteiger partial charge in [0.05, 0.1) is 0 Å². The fourth-order valence-corrected chi connectivity index (χ4v) is 0.461. The van der Waals surface area contributed by atoms with Gasteiger partial charge in [-0.1, -0.05) is 0 Å². The lowest BCUT2D eigenvalue weighted by molar-refractivity contribution is -0.138. The van der Waals surface area contributed by atoms with Crippen LogP contribution in [0, 0.1) is 0 Å². The smallest absolute Gasteiger partial charge is 0.320 e. The Kier molecular flexibility index (Phi) is 4.00. The van der Waals surface area contributed by atoms with Gasteiger partial charge in [-0.05, 0) is 19.4 Å². The van der Waals surface area contributed by atoms with Crippen molar-refractivity contribution >= 4 is 5.97 Å². The molecule has 1 atom stereocenters. The average Bonchev–Trinajstić information content (AvgIpc) is 1.82. The fraction of sp³-hybridized carbons (Fsp3) is 0.800. The first-order valence-corrected chi connectivity index (χ1v) is 2.87. The van der Waals surface area contributed by atoms with Crippen LogP contribution in [-0.4, -0.2) is 23.7 Å². The highest BCUT2D eigenvalue weighted by atomic mass is 16.6. The third kappa shape index (κ3) is 3.93. The third-order valence-corrected chi connectivity index (χ3v) is 1.04. The molecular formula is C5H12N2O2. The van der Waals surface area contributed by atoms with Crippen molar-refractivity contribution in [3.63, 3.8) is 0 Å². The van der Waals surface area contributed by atoms with Gasteiger partial charge in [0.25, 0.3) is 0 Å². The van der Waals surface area contributed by atoms with Gasteiger partial charge >= 0.3 is 5.97 Å². The van der Waals surface area contributed by atoms with Crippen LogP contribution in [0.4, 0.5) is 0 Å². The summed E-state index contributed by atoms with van der Waals surface area (Å²) in [5.74, 6) is -0.955. The average molecular weight is 134 g/mol. The molecule has 0 aromatic heterocycles. The fourth-order valence-electron chi connectivity index (χ4n) is 0.461. The van der Waals surface area contributed by atoms with Gasteiger partial charge in [0.15, 0.2) is 0 Å². The summed E-state index contributed by atoms with van der Waals surface area (Å²) >= 11 is 0. The van der Waals surface area contributed by atoms with E-state index in [1.165, 1.54) is 0 Å². The molecule has 0 radical (unpaired) electrons. The summed E-state index contributed by atoms with van der Waals surface area (Å²) < 4.78 is 0. The quantitative estimate of drug-likeness (QED) is 0.466. The predicted octanol–water partition coefficient (Wildman–Crippen LogP) is -0.863. The second kappa shape index (κ2) is 4.29. The second-order valence-corrected chi connectivity index (χ2v) is 1.88. The highest BCUT2D eigenvalue weighted by molar-refractivity contribution is 5.72. The minimum atomic E-state index is -0.955. The molecule has 0 amide bonds. The van der Waals surface area contributed by atoms with Crippen molar-refractivity contribution in [1.29, 1.82) is 0 Å². The Balaban J connectivity index is 3.27. The minimum Gasteiger partial charge on any atom is -0.480 e. The van der Waals surface area contributed by atoms with Crippen molar-refractivity contribution in [3.8, 4) is 0 Å². The molecule has 54 valence electrons. The summed E-state index contributed by atoms with van der Waals surface area (Å²) in [6.45, 7) is 0.501. The Morgan fingerprint density at radius 1 is 1.67 bits per heavy atom. The maximum absolute atomic E-state index is 10.0. The van der Waals surface area contributed by atoms with Crippen LogP contribution in [0.5, 0.6) is 0 Å². The molecule has 0 aliphatic heterocycles. The van der Waals surface area contributed by atoms with Crippen LogP contribution in [-0.2, 0) is 4.79 Å². The van der Waals surface area contributed by atoms with Crippen LogP contribution in [0.3, 0.4) is 0 Å². The summed E-state index contributed by atoms with van der Waals surface area (Å²) in [5.41, 5.74) is 10.3. The molecule has 9 heavy (non-hydrogen) atoms. The summed E-state index contributed by atoms with van der Waals surface area (Å²) in [6, 6.07) is -0.742. The van der Waals surface area contributed by atoms with Gasteiger partial charge in [-0.2, -0.15) is 0 Å². The molecule has 0 saturated carbocycles. The monoisotopic (exact) mass is 134 g/mol. The molecule has 0 aromatic rings. The van der Waals surface area contributed by atoms with Gasteiger partial charge in [-0.3, -0.25) is 4.79 Å². The van der Waals surface area contributed by atoms with Gasteiger partial charge in [0, 0.05) is 0 Å². The molecule has 0 spiro atoms. The van der Waals surface area contributed by atoms with E-state index >= 15 is 0 Å². The van der Waals surface area contributed by atoms with E-state index in [0.717, 1.165) is 0 Å². The molecule has 0 aromatic carbocycles. The van der Waals surface area contributed by atoms with Crippen molar-refractivity contribution in [1.82, 2.24) is 0 Å². The maximum atomic E-state index is 10.0. The first kappa shape index (κ1) is 8.39. The van der Waals surface area contributed by atoms with Crippen molar-refractivity contribution in [2.45, 2.75) is 18.9 Å². The van der Waals surface area contributed by atoms with Crippen LogP contribution >= 0.6 is 0 Å². The lowest BCUT2D eigenvalue weighted by atomic mass is 10.3. The van der Waals surface area contributed by atoms with Crippen molar-refractivity contribution in [2.24, 2.45) is 11.5 Å². The molecule has 5 N–H and O–H groups in total. The highest BCUT2D eigenvalue weighted by Crippen LogP contribution is 1.91. The Bertz CT molecular complexity index is 95.0. The minimum absolute atomic E-state index is 0.464. The van der Waals surface area contributed by atoms with E-state index in [-0.39, 0.29) is 0 Å². The summed E-state index contributed by atoms with van der Waals surface area (Å²) in [4.78, 5) is 10.0. The molecule has 0 bridgehead atoms. The third-order valence-electron chi connectivity index (χ3n) is 1.04. The van der Waals surface area contributed by atoms with E-state index in [2.05, 4.69) is 0 Å². The van der Waals surface area contributed by atoms with Crippen LogP contribution in [0.1, 0.15) is 12.8 Å². The molecule has 0 aliphatic rings. The molecule has 0 rings (SSSR count). The summed E-state index contributed by atoms with van der Waals surface area (Å²) in [7, 11) is 0. The lowest BCUT2D eigenvalue weighted by Gasteiger charge is -2.02. The van der Waals surface area contributed by atoms with Crippen molar-refractivity contribution in [2.75, 3.05) is 6.54 Å². The first-order chi connectivity index (χ1) is 4.18. The maximum Gasteiger partial charge on any atom is 0.320 e. The van der Waals surface area contributed by atoms with Crippen molar-refractivity contribution in [3.05, 3.63) is 0 Å². The number of carbonyl (C=O) groups is 1. The highest BCUT2D eigenvalue weighted by Gasteiger charge is 2.08. The Hall–Kier alpha value is -0.610. The Morgan fingerprint density at radius 3 is 2.56 bits per heavy atom. The number of hydrogen-bond acceptors (Lipinski definition) is 3. The molecule has 0 heterocycles. The normalized spacial score (nSPS) is 13.1. The van der Waals surface area contributed by atoms with Crippen LogP contribution in [0.15, 0.2) is 0 Å². The van der Waals surface area contributed by atoms with E-state index in [0.29, 0.717) is 19.4 Å². The zero-order valence-corrected chi connectivity index (χ0v) is 5.21. The molecule has 4 nitrogen and oxygen atoms in total. The van der Waals surface area contributed by atoms with Gasteiger partial charge in [-0.25, -0.2) is 0 Å². The molecule has 0 fully saturated rings. The summed E-state index contributed by atoms with van der Waals surface area (Å²) in [6.07, 6.45) is 1.14. The number of carboxylic acids is 1. The molecule has 0 unspecified atom stereocenters. The zero-order chi connectivity index (χ0) is 7.28. The van der Waals surface area contributed by atoms with Crippen molar-refractivity contribution < 1.29 is 9.90 Å². The van der Waals surface area contributed by atoms with E-state index in [1.54, 1.807) is 0 Å². The lowest BCUT2D eigenvalue weighted by Crippen LogP contribution is -2.30. The molecule has 0 saturated heterocycles. The van der Waals surface area contributed by atoms with Gasteiger partial charge in [0.2, 0.25) is 0 Å². The number of rotatable bonds is 4. The Labute approximate surface area is 53.8 Å². The van der Waals surface area contributed by atoms with E-state index in [9.17, 15) is 4.79 Å². The van der Waals surface area contributed by atoms with Crippen LogP contribution in [0.2, 0.25) is 0 Å². The number of carboxylic acid groups (broad SMARTS) is 1. The largest absolute Gasteiger partial charge is 0.480 e. The van der Waals surface area contributed by atoms with E-state index < -0.39 is 12.0 Å². The standard InChI is InChI=1S/C5H12N2O2/c6-3-1-2-4(7)5(8)9/h4H,1-3,6-7H2,(H,8,9)/t4-/m0/s1/i5+2. The first-order valence-electron chi connectivity index (χ1n) is 2.87. The molecular weight excluding hydrogens is 122 g/mol. The van der Waals surface area contributed by atoms with Gasteiger partial charge < -0.3 is 16.6 Å². The SMILES string of the molecule is NCCC[C@H](N)[14C](=O)O. The molecule has 0 aliphatic carbocycles. The van der Waals surface area contributed by atoms with Crippen LogP contribution < -0.4 is 11.5 Å². The zero-order valence-electron chi connectivity index (χ0n) is 5.21. The summed E-state index contributed by atoms with van der Waals surface area (Å²) in [5, 5.41) is 8.24. The number of nitrogens with two attached hydrogens (primary N) is 2.